The van der Waals surface area contributed by atoms with E-state index < -0.39 is 17.5 Å². The summed E-state index contributed by atoms with van der Waals surface area (Å²) in [4.78, 5) is 24.2. The number of benzene rings is 2. The van der Waals surface area contributed by atoms with Gasteiger partial charge in [-0.05, 0) is 61.1 Å². The maximum absolute atomic E-state index is 13.6. The van der Waals surface area contributed by atoms with E-state index in [-0.39, 0.29) is 30.5 Å². The lowest BCUT2D eigenvalue weighted by Crippen LogP contribution is -2.32. The van der Waals surface area contributed by atoms with Gasteiger partial charge in [-0.15, -0.1) is 0 Å². The third kappa shape index (κ3) is 4.85. The van der Waals surface area contributed by atoms with Crippen LogP contribution >= 0.6 is 0 Å². The number of nitrogens with two attached hydrogens (primary N) is 1. The topological polar surface area (TPSA) is 84.2 Å². The third-order valence-corrected chi connectivity index (χ3v) is 4.86. The van der Waals surface area contributed by atoms with Gasteiger partial charge in [-0.3, -0.25) is 9.59 Å². The summed E-state index contributed by atoms with van der Waals surface area (Å²) < 4.78 is 26.5. The predicted molar refractivity (Wildman–Crippen MR) is 103 cm³/mol. The Balaban J connectivity index is 1.45. The first kappa shape index (κ1) is 19.8. The van der Waals surface area contributed by atoms with Crippen molar-refractivity contribution >= 4 is 17.5 Å². The Morgan fingerprint density at radius 1 is 1.14 bits per heavy atom. The number of anilines is 1. The number of nitrogens with one attached hydrogen (secondary N) is 2. The Morgan fingerprint density at radius 3 is 2.75 bits per heavy atom. The van der Waals surface area contributed by atoms with Crippen molar-refractivity contribution in [1.82, 2.24) is 10.6 Å². The Hall–Kier alpha value is -2.96. The van der Waals surface area contributed by atoms with Crippen molar-refractivity contribution in [3.05, 3.63) is 64.7 Å². The highest BCUT2D eigenvalue weighted by Crippen LogP contribution is 2.31. The minimum atomic E-state index is -0.910. The summed E-state index contributed by atoms with van der Waals surface area (Å²) in [5.74, 6) is -2.38. The number of amides is 2. The van der Waals surface area contributed by atoms with E-state index in [1.165, 1.54) is 5.56 Å². The molecule has 0 saturated heterocycles. The highest BCUT2D eigenvalue weighted by molar-refractivity contribution is 5.94. The van der Waals surface area contributed by atoms with Gasteiger partial charge in [0.05, 0.1) is 11.6 Å². The van der Waals surface area contributed by atoms with E-state index in [1.807, 2.05) is 18.2 Å². The quantitative estimate of drug-likeness (QED) is 0.525. The smallest absolute Gasteiger partial charge is 0.254 e. The van der Waals surface area contributed by atoms with E-state index in [2.05, 4.69) is 10.6 Å². The summed E-state index contributed by atoms with van der Waals surface area (Å²) in [6, 6.07) is 8.52. The molecule has 0 bridgehead atoms. The molecule has 2 aromatic carbocycles. The second kappa shape index (κ2) is 8.82. The molecule has 0 fully saturated rings. The highest BCUT2D eigenvalue weighted by Gasteiger charge is 2.21. The monoisotopic (exact) mass is 387 g/mol. The minimum absolute atomic E-state index is 0.0280. The summed E-state index contributed by atoms with van der Waals surface area (Å²) in [5.41, 5.74) is 8.61. The summed E-state index contributed by atoms with van der Waals surface area (Å²) in [6.07, 6.45) is 3.48. The molecule has 7 heteroatoms. The SMILES string of the molecule is Nc1ccc2c(c1)CCCC2NC(=O)CCCNC(=O)c1ccc(F)cc1F. The first-order chi connectivity index (χ1) is 13.4. The molecule has 0 spiro atoms. The van der Waals surface area contributed by atoms with Crippen molar-refractivity contribution < 1.29 is 18.4 Å². The lowest BCUT2D eigenvalue weighted by Gasteiger charge is -2.26. The largest absolute Gasteiger partial charge is 0.399 e. The summed E-state index contributed by atoms with van der Waals surface area (Å²) in [6.45, 7) is 0.223. The zero-order chi connectivity index (χ0) is 20.1. The van der Waals surface area contributed by atoms with Gasteiger partial charge < -0.3 is 16.4 Å². The molecule has 0 aliphatic heterocycles. The van der Waals surface area contributed by atoms with E-state index in [4.69, 9.17) is 5.73 Å². The van der Waals surface area contributed by atoms with Gasteiger partial charge in [0.15, 0.2) is 0 Å². The molecule has 1 aliphatic rings. The first-order valence-electron chi connectivity index (χ1n) is 9.35. The number of rotatable bonds is 6. The molecule has 0 aromatic heterocycles. The number of hydrogen-bond donors (Lipinski definition) is 3. The van der Waals surface area contributed by atoms with Crippen LogP contribution in [0.1, 0.15) is 53.2 Å². The van der Waals surface area contributed by atoms with Gasteiger partial charge in [0, 0.05) is 24.7 Å². The van der Waals surface area contributed by atoms with Gasteiger partial charge in [-0.25, -0.2) is 8.78 Å². The average molecular weight is 387 g/mol. The average Bonchev–Trinajstić information content (AvgIpc) is 2.65. The molecule has 4 N–H and O–H groups in total. The molecule has 1 aliphatic carbocycles. The van der Waals surface area contributed by atoms with Gasteiger partial charge in [0.1, 0.15) is 11.6 Å². The van der Waals surface area contributed by atoms with Gasteiger partial charge in [-0.1, -0.05) is 6.07 Å². The Kier molecular flexibility index (Phi) is 6.23. The van der Waals surface area contributed by atoms with Crippen molar-refractivity contribution in [1.29, 1.82) is 0 Å². The van der Waals surface area contributed by atoms with Gasteiger partial charge in [-0.2, -0.15) is 0 Å². The van der Waals surface area contributed by atoms with Crippen molar-refractivity contribution in [2.75, 3.05) is 12.3 Å². The van der Waals surface area contributed by atoms with Crippen LogP contribution in [0.5, 0.6) is 0 Å². The van der Waals surface area contributed by atoms with Crippen LogP contribution in [0.2, 0.25) is 0 Å². The second-order valence-corrected chi connectivity index (χ2v) is 6.95. The fourth-order valence-electron chi connectivity index (χ4n) is 3.47. The van der Waals surface area contributed by atoms with Crippen LogP contribution in [-0.2, 0) is 11.2 Å². The molecular weight excluding hydrogens is 364 g/mol. The summed E-state index contributed by atoms with van der Waals surface area (Å²) in [5, 5.41) is 5.58. The first-order valence-corrected chi connectivity index (χ1v) is 9.35. The van der Waals surface area contributed by atoms with E-state index in [0.29, 0.717) is 12.5 Å². The van der Waals surface area contributed by atoms with Crippen LogP contribution in [0.3, 0.4) is 0 Å². The highest BCUT2D eigenvalue weighted by atomic mass is 19.1. The number of nitrogen functional groups attached to an aromatic ring is 1. The third-order valence-electron chi connectivity index (χ3n) is 4.86. The van der Waals surface area contributed by atoms with Crippen LogP contribution in [0, 0.1) is 11.6 Å². The fourth-order valence-corrected chi connectivity index (χ4v) is 3.47. The molecule has 148 valence electrons. The Bertz CT molecular complexity index is 886. The lowest BCUT2D eigenvalue weighted by atomic mass is 9.87. The molecule has 5 nitrogen and oxygen atoms in total. The molecule has 0 saturated carbocycles. The zero-order valence-corrected chi connectivity index (χ0v) is 15.4. The maximum atomic E-state index is 13.6. The summed E-state index contributed by atoms with van der Waals surface area (Å²) >= 11 is 0. The molecule has 0 heterocycles. The molecule has 2 aromatic rings. The standard InChI is InChI=1S/C21H23F2N3O2/c22-14-6-8-17(18(23)12-14)21(28)25-10-2-5-20(27)26-19-4-1-3-13-11-15(24)7-9-16(13)19/h6-9,11-12,19H,1-5,10,24H2,(H,25,28)(H,26,27). The van der Waals surface area contributed by atoms with Crippen molar-refractivity contribution in [2.45, 2.75) is 38.1 Å². The summed E-state index contributed by atoms with van der Waals surface area (Å²) in [7, 11) is 0. The number of fused-ring (bicyclic) bond motifs is 1. The van der Waals surface area contributed by atoms with E-state index in [0.717, 1.165) is 42.6 Å². The zero-order valence-electron chi connectivity index (χ0n) is 15.4. The Labute approximate surface area is 162 Å². The molecule has 3 rings (SSSR count). The second-order valence-electron chi connectivity index (χ2n) is 6.95. The van der Waals surface area contributed by atoms with Crippen LogP contribution < -0.4 is 16.4 Å². The van der Waals surface area contributed by atoms with E-state index in [1.54, 1.807) is 0 Å². The maximum Gasteiger partial charge on any atom is 0.254 e. The Morgan fingerprint density at radius 2 is 1.96 bits per heavy atom. The molecule has 1 unspecified atom stereocenters. The van der Waals surface area contributed by atoms with Crippen molar-refractivity contribution in [3.63, 3.8) is 0 Å². The minimum Gasteiger partial charge on any atom is -0.399 e. The molecule has 2 amide bonds. The van der Waals surface area contributed by atoms with Crippen LogP contribution in [-0.4, -0.2) is 18.4 Å². The van der Waals surface area contributed by atoms with Gasteiger partial charge in [0.2, 0.25) is 5.91 Å². The molecule has 1 atom stereocenters. The number of aryl methyl sites for hydroxylation is 1. The molecule has 28 heavy (non-hydrogen) atoms. The molecular formula is C21H23F2N3O2. The van der Waals surface area contributed by atoms with Crippen LogP contribution in [0.4, 0.5) is 14.5 Å². The normalized spacial score (nSPS) is 15.6. The number of hydrogen-bond acceptors (Lipinski definition) is 3. The van der Waals surface area contributed by atoms with E-state index >= 15 is 0 Å². The lowest BCUT2D eigenvalue weighted by molar-refractivity contribution is -0.122. The number of carbonyl (C=O) groups is 2. The predicted octanol–water partition coefficient (Wildman–Crippen LogP) is 3.25. The van der Waals surface area contributed by atoms with E-state index in [9.17, 15) is 18.4 Å². The fraction of sp³-hybridized carbons (Fsp3) is 0.333. The van der Waals surface area contributed by atoms with Crippen LogP contribution in [0.15, 0.2) is 36.4 Å². The number of halogens is 2. The van der Waals surface area contributed by atoms with Crippen molar-refractivity contribution in [3.8, 4) is 0 Å². The number of carbonyl (C=O) groups excluding carboxylic acids is 2. The van der Waals surface area contributed by atoms with Gasteiger partial charge in [0.25, 0.3) is 5.91 Å². The van der Waals surface area contributed by atoms with Crippen LogP contribution in [0.25, 0.3) is 0 Å². The molecule has 0 radical (unpaired) electrons. The van der Waals surface area contributed by atoms with Gasteiger partial charge >= 0.3 is 0 Å². The van der Waals surface area contributed by atoms with Crippen molar-refractivity contribution in [2.24, 2.45) is 0 Å².